The summed E-state index contributed by atoms with van der Waals surface area (Å²) >= 11 is 1.07. The van der Waals surface area contributed by atoms with Crippen LogP contribution in [0.1, 0.15) is 10.4 Å². The maximum absolute atomic E-state index is 13.0. The van der Waals surface area contributed by atoms with Gasteiger partial charge in [0.25, 0.3) is 5.69 Å². The van der Waals surface area contributed by atoms with Gasteiger partial charge in [0, 0.05) is 11.6 Å². The van der Waals surface area contributed by atoms with Crippen LogP contribution in [0.4, 0.5) is 10.1 Å². The highest BCUT2D eigenvalue weighted by molar-refractivity contribution is 8.00. The molecule has 0 saturated carbocycles. The Hall–Kier alpha value is -2.21. The molecule has 0 amide bonds. The third kappa shape index (κ3) is 3.42. The average Bonchev–Trinajstić information content (AvgIpc) is 2.45. The summed E-state index contributed by atoms with van der Waals surface area (Å²) in [5.74, 6) is -0.729. The molecule has 0 spiro atoms. The Bertz CT molecular complexity index is 660. The van der Waals surface area contributed by atoms with Gasteiger partial charge in [0.05, 0.1) is 15.6 Å². The van der Waals surface area contributed by atoms with Crippen molar-refractivity contribution in [2.45, 2.75) is 4.90 Å². The second kappa shape index (κ2) is 6.29. The van der Waals surface area contributed by atoms with Gasteiger partial charge in [0.1, 0.15) is 5.82 Å². The fourth-order valence-corrected chi connectivity index (χ4v) is 2.54. The monoisotopic (exact) mass is 291 g/mol. The van der Waals surface area contributed by atoms with Crippen molar-refractivity contribution in [3.63, 3.8) is 0 Å². The molecule has 0 bridgehead atoms. The number of halogens is 1. The lowest BCUT2D eigenvalue weighted by atomic mass is 10.1. The highest BCUT2D eigenvalue weighted by Gasteiger charge is 2.15. The number of nitrogens with zero attached hydrogens (tertiary/aromatic N) is 1. The lowest BCUT2D eigenvalue weighted by Gasteiger charge is -2.03. The summed E-state index contributed by atoms with van der Waals surface area (Å²) in [5.41, 5.74) is 0.223. The van der Waals surface area contributed by atoms with E-state index < -0.39 is 10.7 Å². The first kappa shape index (κ1) is 14.2. The molecule has 0 radical (unpaired) electrons. The zero-order valence-corrected chi connectivity index (χ0v) is 11.1. The normalized spacial score (nSPS) is 10.2. The molecule has 0 N–H and O–H groups in total. The molecular weight excluding hydrogens is 281 g/mol. The second-order valence-corrected chi connectivity index (χ2v) is 4.96. The van der Waals surface area contributed by atoms with E-state index in [4.69, 9.17) is 0 Å². The first-order valence-corrected chi connectivity index (χ1v) is 6.71. The number of benzene rings is 2. The number of hydrogen-bond acceptors (Lipinski definition) is 4. The van der Waals surface area contributed by atoms with Gasteiger partial charge in [-0.2, -0.15) is 0 Å². The molecular formula is C14H10FNO3S. The summed E-state index contributed by atoms with van der Waals surface area (Å²) in [6.07, 6.45) is 0. The summed E-state index contributed by atoms with van der Waals surface area (Å²) in [5, 5.41) is 10.8. The van der Waals surface area contributed by atoms with Crippen molar-refractivity contribution in [2.75, 3.05) is 5.75 Å². The van der Waals surface area contributed by atoms with E-state index in [2.05, 4.69) is 0 Å². The zero-order valence-electron chi connectivity index (χ0n) is 10.3. The second-order valence-electron chi connectivity index (χ2n) is 3.95. The Labute approximate surface area is 118 Å². The molecule has 0 heterocycles. The minimum Gasteiger partial charge on any atom is -0.293 e. The summed E-state index contributed by atoms with van der Waals surface area (Å²) in [6, 6.07) is 11.6. The van der Waals surface area contributed by atoms with Crippen LogP contribution < -0.4 is 0 Å². The molecule has 102 valence electrons. The largest absolute Gasteiger partial charge is 0.293 e. The Morgan fingerprint density at radius 2 is 1.95 bits per heavy atom. The van der Waals surface area contributed by atoms with E-state index >= 15 is 0 Å². The van der Waals surface area contributed by atoms with E-state index in [0.29, 0.717) is 4.90 Å². The summed E-state index contributed by atoms with van der Waals surface area (Å²) in [6.45, 7) is 0. The van der Waals surface area contributed by atoms with Crippen molar-refractivity contribution in [1.29, 1.82) is 0 Å². The summed E-state index contributed by atoms with van der Waals surface area (Å²) in [7, 11) is 0. The Kier molecular flexibility index (Phi) is 4.47. The van der Waals surface area contributed by atoms with E-state index in [1.807, 2.05) is 0 Å². The zero-order chi connectivity index (χ0) is 14.5. The van der Waals surface area contributed by atoms with Crippen molar-refractivity contribution in [2.24, 2.45) is 0 Å². The molecule has 2 aromatic carbocycles. The number of para-hydroxylation sites is 1. The van der Waals surface area contributed by atoms with Crippen LogP contribution in [0.15, 0.2) is 53.4 Å². The van der Waals surface area contributed by atoms with Gasteiger partial charge in [-0.15, -0.1) is 11.8 Å². The van der Waals surface area contributed by atoms with Gasteiger partial charge in [-0.1, -0.05) is 24.3 Å². The van der Waals surface area contributed by atoms with E-state index in [-0.39, 0.29) is 22.8 Å². The molecule has 4 nitrogen and oxygen atoms in total. The molecule has 0 aromatic heterocycles. The van der Waals surface area contributed by atoms with Crippen LogP contribution in [0.3, 0.4) is 0 Å². The third-order valence-electron chi connectivity index (χ3n) is 2.57. The van der Waals surface area contributed by atoms with E-state index in [9.17, 15) is 19.3 Å². The number of carbonyl (C=O) groups is 1. The third-order valence-corrected chi connectivity index (χ3v) is 3.63. The molecule has 2 rings (SSSR count). The van der Waals surface area contributed by atoms with Gasteiger partial charge < -0.3 is 0 Å². The Morgan fingerprint density at radius 3 is 2.65 bits per heavy atom. The van der Waals surface area contributed by atoms with Crippen LogP contribution in [0.5, 0.6) is 0 Å². The molecule has 0 unspecified atom stereocenters. The van der Waals surface area contributed by atoms with Crippen LogP contribution in [0, 0.1) is 15.9 Å². The van der Waals surface area contributed by atoms with Gasteiger partial charge >= 0.3 is 0 Å². The van der Waals surface area contributed by atoms with Crippen molar-refractivity contribution < 1.29 is 14.1 Å². The molecule has 0 aliphatic carbocycles. The minimum atomic E-state index is -0.491. The smallest absolute Gasteiger partial charge is 0.282 e. The van der Waals surface area contributed by atoms with Crippen LogP contribution >= 0.6 is 11.8 Å². The molecule has 2 aromatic rings. The number of ketones is 1. The summed E-state index contributed by atoms with van der Waals surface area (Å²) in [4.78, 5) is 22.7. The lowest BCUT2D eigenvalue weighted by molar-refractivity contribution is -0.387. The van der Waals surface area contributed by atoms with Crippen LogP contribution in [-0.2, 0) is 0 Å². The number of carbonyl (C=O) groups excluding carboxylic acids is 1. The van der Waals surface area contributed by atoms with E-state index in [1.54, 1.807) is 18.2 Å². The number of nitro benzene ring substituents is 1. The SMILES string of the molecule is O=C(CSc1ccccc1[N+](=O)[O-])c1cccc(F)c1. The number of hydrogen-bond donors (Lipinski definition) is 0. The molecule has 20 heavy (non-hydrogen) atoms. The van der Waals surface area contributed by atoms with Gasteiger partial charge in [-0.25, -0.2) is 4.39 Å². The predicted molar refractivity (Wildman–Crippen MR) is 74.6 cm³/mol. The van der Waals surface area contributed by atoms with Gasteiger partial charge in [-0.05, 0) is 18.2 Å². The molecule has 0 atom stereocenters. The van der Waals surface area contributed by atoms with Crippen LogP contribution in [0.25, 0.3) is 0 Å². The Morgan fingerprint density at radius 1 is 1.20 bits per heavy atom. The highest BCUT2D eigenvalue weighted by Crippen LogP contribution is 2.29. The van der Waals surface area contributed by atoms with Crippen molar-refractivity contribution >= 4 is 23.2 Å². The lowest BCUT2D eigenvalue weighted by Crippen LogP contribution is -2.03. The number of nitro groups is 1. The van der Waals surface area contributed by atoms with Gasteiger partial charge in [0.2, 0.25) is 0 Å². The van der Waals surface area contributed by atoms with Gasteiger partial charge in [-0.3, -0.25) is 14.9 Å². The van der Waals surface area contributed by atoms with Crippen molar-refractivity contribution in [3.8, 4) is 0 Å². The van der Waals surface area contributed by atoms with E-state index in [1.165, 1.54) is 24.3 Å². The summed E-state index contributed by atoms with van der Waals surface area (Å²) < 4.78 is 13.0. The quantitative estimate of drug-likeness (QED) is 0.364. The molecule has 0 saturated heterocycles. The fraction of sp³-hybridized carbons (Fsp3) is 0.0714. The maximum atomic E-state index is 13.0. The van der Waals surface area contributed by atoms with Crippen molar-refractivity contribution in [3.05, 3.63) is 70.0 Å². The molecule has 0 aliphatic rings. The number of thioether (sulfide) groups is 1. The molecule has 0 aliphatic heterocycles. The highest BCUT2D eigenvalue weighted by atomic mass is 32.2. The number of rotatable bonds is 5. The molecule has 0 fully saturated rings. The first-order chi connectivity index (χ1) is 9.58. The van der Waals surface area contributed by atoms with E-state index in [0.717, 1.165) is 17.8 Å². The first-order valence-electron chi connectivity index (χ1n) is 5.73. The topological polar surface area (TPSA) is 60.2 Å². The average molecular weight is 291 g/mol. The maximum Gasteiger partial charge on any atom is 0.282 e. The van der Waals surface area contributed by atoms with Gasteiger partial charge in [0.15, 0.2) is 5.78 Å². The Balaban J connectivity index is 2.09. The standard InChI is InChI=1S/C14H10FNO3S/c15-11-5-3-4-10(8-11)13(17)9-20-14-7-2-1-6-12(14)16(18)19/h1-8H,9H2. The number of Topliss-reactive ketones (excluding diaryl/α,β-unsaturated/α-hetero) is 1. The fourth-order valence-electron chi connectivity index (χ4n) is 1.62. The minimum absolute atomic E-state index is 0.0221. The predicted octanol–water partition coefficient (Wildman–Crippen LogP) is 3.71. The van der Waals surface area contributed by atoms with Crippen LogP contribution in [-0.4, -0.2) is 16.5 Å². The van der Waals surface area contributed by atoms with Crippen LogP contribution in [0.2, 0.25) is 0 Å². The molecule has 6 heteroatoms. The van der Waals surface area contributed by atoms with Crippen molar-refractivity contribution in [1.82, 2.24) is 0 Å².